The average Bonchev–Trinajstić information content (AvgIpc) is 3.03. The Balaban J connectivity index is 1.33. The molecule has 2 heterocycles. The minimum absolute atomic E-state index is 0.0125. The maximum Gasteiger partial charge on any atom is 0.251 e. The van der Waals surface area contributed by atoms with E-state index in [9.17, 15) is 9.59 Å². The smallest absolute Gasteiger partial charge is 0.251 e. The molecule has 2 amide bonds. The average molecular weight is 584 g/mol. The molecule has 8 nitrogen and oxygen atoms in total. The van der Waals surface area contributed by atoms with Crippen molar-refractivity contribution in [3.8, 4) is 17.2 Å². The Bertz CT molecular complexity index is 1430. The number of piperazine rings is 1. The summed E-state index contributed by atoms with van der Waals surface area (Å²) >= 11 is 0. The molecule has 0 aromatic heterocycles. The summed E-state index contributed by atoms with van der Waals surface area (Å²) in [6.07, 6.45) is 2.20. The first-order chi connectivity index (χ1) is 20.8. The van der Waals surface area contributed by atoms with Gasteiger partial charge in [-0.3, -0.25) is 9.59 Å². The number of rotatable bonds is 11. The molecule has 1 fully saturated rings. The fraction of sp³-hybridized carbons (Fsp3) is 0.371. The minimum Gasteiger partial charge on any atom is -0.496 e. The minimum atomic E-state index is -0.203. The van der Waals surface area contributed by atoms with E-state index in [1.807, 2.05) is 53.2 Å². The summed E-state index contributed by atoms with van der Waals surface area (Å²) < 4.78 is 16.7. The predicted octanol–water partition coefficient (Wildman–Crippen LogP) is 4.37. The zero-order chi connectivity index (χ0) is 30.3. The third-order valence-electron chi connectivity index (χ3n) is 8.29. The molecule has 5 rings (SSSR count). The van der Waals surface area contributed by atoms with Gasteiger partial charge in [0.25, 0.3) is 5.91 Å². The number of nitrogens with one attached hydrogen (secondary N) is 1. The molecule has 0 radical (unpaired) electrons. The Hall–Kier alpha value is -4.30. The standard InChI is InChI=1S/C35H41N3O5/c1-24(39)38-22-28-18-32(34(33(23-38)36-28)35(40)37(2)16-14-25-8-6-5-7-9-25)27-12-10-26(11-13-27)15-17-43-31-20-29(41-3)19-30(21-31)42-4/h5-13,19-21,28,33,36H,14-18,22-23H2,1-4H3/t28-,33-/m1/s1. The summed E-state index contributed by atoms with van der Waals surface area (Å²) in [5, 5.41) is 3.63. The van der Waals surface area contributed by atoms with Crippen molar-refractivity contribution >= 4 is 17.4 Å². The van der Waals surface area contributed by atoms with Gasteiger partial charge in [0.2, 0.25) is 5.91 Å². The van der Waals surface area contributed by atoms with Gasteiger partial charge in [0, 0.05) is 69.8 Å². The third-order valence-corrected chi connectivity index (χ3v) is 8.29. The number of carbonyl (C=O) groups excluding carboxylic acids is 2. The molecule has 1 saturated heterocycles. The molecule has 2 bridgehead atoms. The molecular formula is C35H41N3O5. The first-order valence-electron chi connectivity index (χ1n) is 14.8. The molecule has 0 spiro atoms. The van der Waals surface area contributed by atoms with E-state index in [2.05, 4.69) is 41.7 Å². The summed E-state index contributed by atoms with van der Waals surface area (Å²) in [4.78, 5) is 30.0. The van der Waals surface area contributed by atoms with E-state index < -0.39 is 0 Å². The van der Waals surface area contributed by atoms with E-state index in [0.717, 1.165) is 35.1 Å². The van der Waals surface area contributed by atoms with Gasteiger partial charge in [-0.2, -0.15) is 0 Å². The number of benzene rings is 3. The Morgan fingerprint density at radius 2 is 1.53 bits per heavy atom. The van der Waals surface area contributed by atoms with Gasteiger partial charge < -0.3 is 29.3 Å². The lowest BCUT2D eigenvalue weighted by atomic mass is 9.82. The van der Waals surface area contributed by atoms with E-state index in [1.165, 1.54) is 5.56 Å². The van der Waals surface area contributed by atoms with Gasteiger partial charge in [-0.25, -0.2) is 0 Å². The molecule has 3 aromatic carbocycles. The first-order valence-corrected chi connectivity index (χ1v) is 14.8. The number of carbonyl (C=O) groups is 2. The molecular weight excluding hydrogens is 542 g/mol. The molecule has 0 saturated carbocycles. The van der Waals surface area contributed by atoms with Crippen LogP contribution in [-0.4, -0.2) is 81.2 Å². The Morgan fingerprint density at radius 3 is 2.19 bits per heavy atom. The van der Waals surface area contributed by atoms with Gasteiger partial charge in [0.15, 0.2) is 0 Å². The van der Waals surface area contributed by atoms with Crippen LogP contribution in [0.2, 0.25) is 0 Å². The number of fused-ring (bicyclic) bond motifs is 2. The summed E-state index contributed by atoms with van der Waals surface area (Å²) in [7, 11) is 5.10. The lowest BCUT2D eigenvalue weighted by molar-refractivity contribution is -0.132. The van der Waals surface area contributed by atoms with Gasteiger partial charge in [-0.1, -0.05) is 54.6 Å². The normalized spacial score (nSPS) is 17.8. The van der Waals surface area contributed by atoms with E-state index in [1.54, 1.807) is 21.1 Å². The highest BCUT2D eigenvalue weighted by atomic mass is 16.5. The van der Waals surface area contributed by atoms with Crippen LogP contribution in [0, 0.1) is 0 Å². The molecule has 2 aliphatic rings. The van der Waals surface area contributed by atoms with E-state index in [4.69, 9.17) is 14.2 Å². The zero-order valence-electron chi connectivity index (χ0n) is 25.5. The Kier molecular flexibility index (Phi) is 9.67. The van der Waals surface area contributed by atoms with Crippen molar-refractivity contribution in [2.45, 2.75) is 38.3 Å². The van der Waals surface area contributed by atoms with Crippen LogP contribution in [0.25, 0.3) is 5.57 Å². The summed E-state index contributed by atoms with van der Waals surface area (Å²) in [5.74, 6) is 2.11. The zero-order valence-corrected chi connectivity index (χ0v) is 25.5. The molecule has 0 aliphatic carbocycles. The summed E-state index contributed by atoms with van der Waals surface area (Å²) in [5.41, 5.74) is 5.23. The van der Waals surface area contributed by atoms with Crippen molar-refractivity contribution in [3.05, 3.63) is 95.1 Å². The highest BCUT2D eigenvalue weighted by Crippen LogP contribution is 2.34. The summed E-state index contributed by atoms with van der Waals surface area (Å²) in [6, 6.07) is 24.1. The van der Waals surface area contributed by atoms with Gasteiger partial charge in [-0.15, -0.1) is 0 Å². The second kappa shape index (κ2) is 13.8. The van der Waals surface area contributed by atoms with Crippen LogP contribution in [0.4, 0.5) is 0 Å². The predicted molar refractivity (Wildman–Crippen MR) is 167 cm³/mol. The molecule has 2 aliphatic heterocycles. The van der Waals surface area contributed by atoms with Gasteiger partial charge >= 0.3 is 0 Å². The first kappa shape index (κ1) is 30.2. The van der Waals surface area contributed by atoms with Crippen LogP contribution in [0.3, 0.4) is 0 Å². The van der Waals surface area contributed by atoms with Crippen LogP contribution in [0.5, 0.6) is 17.2 Å². The fourth-order valence-electron chi connectivity index (χ4n) is 5.90. The van der Waals surface area contributed by atoms with E-state index >= 15 is 0 Å². The molecule has 1 N–H and O–H groups in total. The molecule has 226 valence electrons. The van der Waals surface area contributed by atoms with Crippen LogP contribution < -0.4 is 19.5 Å². The number of amides is 2. The molecule has 2 atom stereocenters. The Labute approximate surface area is 254 Å². The van der Waals surface area contributed by atoms with Crippen molar-refractivity contribution in [1.82, 2.24) is 15.1 Å². The second-order valence-electron chi connectivity index (χ2n) is 11.2. The lowest BCUT2D eigenvalue weighted by Gasteiger charge is -2.44. The van der Waals surface area contributed by atoms with Gasteiger partial charge in [0.1, 0.15) is 17.2 Å². The fourth-order valence-corrected chi connectivity index (χ4v) is 5.90. The van der Waals surface area contributed by atoms with Crippen molar-refractivity contribution in [2.75, 3.05) is 47.5 Å². The number of methoxy groups -OCH3 is 2. The van der Waals surface area contributed by atoms with Crippen molar-refractivity contribution < 1.29 is 23.8 Å². The number of nitrogens with zero attached hydrogens (tertiary/aromatic N) is 2. The Morgan fingerprint density at radius 1 is 0.884 bits per heavy atom. The number of hydrogen-bond donors (Lipinski definition) is 1. The highest BCUT2D eigenvalue weighted by molar-refractivity contribution is 6.03. The maximum atomic E-state index is 14.0. The third kappa shape index (κ3) is 7.38. The molecule has 0 unspecified atom stereocenters. The largest absolute Gasteiger partial charge is 0.496 e. The van der Waals surface area contributed by atoms with Gasteiger partial charge in [0.05, 0.1) is 26.9 Å². The maximum absolute atomic E-state index is 14.0. The number of likely N-dealkylation sites (N-methyl/N-ethyl adjacent to an activating group) is 1. The lowest BCUT2D eigenvalue weighted by Crippen LogP contribution is -2.61. The second-order valence-corrected chi connectivity index (χ2v) is 11.2. The van der Waals surface area contributed by atoms with Crippen LogP contribution in [-0.2, 0) is 22.4 Å². The topological polar surface area (TPSA) is 80.3 Å². The number of hydrogen-bond acceptors (Lipinski definition) is 6. The van der Waals surface area contributed by atoms with Crippen LogP contribution in [0.1, 0.15) is 30.0 Å². The van der Waals surface area contributed by atoms with Crippen LogP contribution >= 0.6 is 0 Å². The quantitative estimate of drug-likeness (QED) is 0.361. The van der Waals surface area contributed by atoms with Crippen molar-refractivity contribution in [3.63, 3.8) is 0 Å². The van der Waals surface area contributed by atoms with Crippen molar-refractivity contribution in [1.29, 1.82) is 0 Å². The molecule has 3 aromatic rings. The molecule has 8 heteroatoms. The highest BCUT2D eigenvalue weighted by Gasteiger charge is 2.39. The van der Waals surface area contributed by atoms with Crippen molar-refractivity contribution in [2.24, 2.45) is 0 Å². The molecule has 43 heavy (non-hydrogen) atoms. The van der Waals surface area contributed by atoms with E-state index in [0.29, 0.717) is 49.9 Å². The van der Waals surface area contributed by atoms with Crippen LogP contribution in [0.15, 0.2) is 78.4 Å². The SMILES string of the molecule is COc1cc(OC)cc(OCCc2ccc(C3=C(C(=O)N(C)CCc4ccccc4)[C@H]4CN(C(C)=O)C[C@@H](C3)N4)cc2)c1. The monoisotopic (exact) mass is 583 g/mol. The van der Waals surface area contributed by atoms with E-state index in [-0.39, 0.29) is 23.9 Å². The number of ether oxygens (including phenoxy) is 3. The summed E-state index contributed by atoms with van der Waals surface area (Å²) in [6.45, 7) is 3.86. The van der Waals surface area contributed by atoms with Gasteiger partial charge in [-0.05, 0) is 35.1 Å².